The van der Waals surface area contributed by atoms with Crippen LogP contribution in [0.3, 0.4) is 0 Å². The molecule has 0 fully saturated rings. The maximum Gasteiger partial charge on any atom is 0.326 e. The minimum Gasteiger partial charge on any atom is -0.480 e. The van der Waals surface area contributed by atoms with Crippen molar-refractivity contribution in [1.82, 2.24) is 19.7 Å². The summed E-state index contributed by atoms with van der Waals surface area (Å²) in [5.41, 5.74) is 4.94. The fraction of sp³-hybridized carbons (Fsp3) is 0.310. The SMILES string of the molecule is CC[C@H](C)Nc1cc(F)c(C(=O)N[C@@H](Cc2ccc(-c3nc(C)c(C)cc3C)c3nccn23)C(=O)O)c(F)c1. The van der Waals surface area contributed by atoms with Crippen LogP contribution in [-0.4, -0.2) is 43.4 Å². The Bertz CT molecular complexity index is 1540. The number of hydrogen-bond acceptors (Lipinski definition) is 5. The second-order valence-electron chi connectivity index (χ2n) is 9.75. The molecule has 0 unspecified atom stereocenters. The lowest BCUT2D eigenvalue weighted by Crippen LogP contribution is -2.43. The molecule has 0 spiro atoms. The van der Waals surface area contributed by atoms with Crippen LogP contribution in [0.2, 0.25) is 0 Å². The van der Waals surface area contributed by atoms with Gasteiger partial charge in [0.05, 0.1) is 5.69 Å². The molecular weight excluding hydrogens is 504 g/mol. The predicted molar refractivity (Wildman–Crippen MR) is 145 cm³/mol. The molecule has 3 heterocycles. The van der Waals surface area contributed by atoms with E-state index in [0.29, 0.717) is 11.3 Å². The predicted octanol–water partition coefficient (Wildman–Crippen LogP) is 5.24. The molecule has 0 saturated carbocycles. The van der Waals surface area contributed by atoms with Crippen molar-refractivity contribution in [2.45, 2.75) is 59.5 Å². The molecule has 10 heteroatoms. The summed E-state index contributed by atoms with van der Waals surface area (Å²) in [6, 6.07) is 6.16. The molecule has 4 rings (SSSR count). The number of nitrogens with one attached hydrogen (secondary N) is 2. The van der Waals surface area contributed by atoms with Crippen molar-refractivity contribution in [3.63, 3.8) is 0 Å². The number of pyridine rings is 2. The number of benzene rings is 1. The van der Waals surface area contributed by atoms with Crippen molar-refractivity contribution >= 4 is 23.2 Å². The number of hydrogen-bond donors (Lipinski definition) is 3. The van der Waals surface area contributed by atoms with Gasteiger partial charge >= 0.3 is 5.97 Å². The lowest BCUT2D eigenvalue weighted by atomic mass is 10.0. The van der Waals surface area contributed by atoms with Gasteiger partial charge in [-0.2, -0.15) is 0 Å². The van der Waals surface area contributed by atoms with Gasteiger partial charge in [0.2, 0.25) is 0 Å². The maximum atomic E-state index is 14.7. The van der Waals surface area contributed by atoms with Gasteiger partial charge in [-0.05, 0) is 69.5 Å². The minimum atomic E-state index is -1.45. The molecule has 4 aromatic rings. The summed E-state index contributed by atoms with van der Waals surface area (Å²) in [4.78, 5) is 34.1. The van der Waals surface area contributed by atoms with Crippen LogP contribution in [0.25, 0.3) is 16.9 Å². The molecule has 39 heavy (non-hydrogen) atoms. The zero-order valence-electron chi connectivity index (χ0n) is 22.5. The summed E-state index contributed by atoms with van der Waals surface area (Å²) < 4.78 is 31.2. The zero-order valence-corrected chi connectivity index (χ0v) is 22.5. The van der Waals surface area contributed by atoms with Gasteiger partial charge in [-0.3, -0.25) is 9.78 Å². The molecule has 0 aliphatic rings. The second-order valence-corrected chi connectivity index (χ2v) is 9.75. The fourth-order valence-electron chi connectivity index (χ4n) is 4.43. The Morgan fingerprint density at radius 3 is 2.41 bits per heavy atom. The van der Waals surface area contributed by atoms with E-state index in [-0.39, 0.29) is 18.2 Å². The average Bonchev–Trinajstić information content (AvgIpc) is 3.36. The molecule has 0 aliphatic carbocycles. The quantitative estimate of drug-likeness (QED) is 0.271. The standard InChI is InChI=1S/C29H31F2N5O3/c1-6-17(4)33-19-12-22(30)25(23(31)13-19)28(37)35-24(29(38)39)14-20-7-8-21(27-32-9-10-36(20)27)26-16(3)11-15(2)18(5)34-26/h7-13,17,24,33H,6,14H2,1-5H3,(H,35,37)(H,38,39)/t17-,24-/m0/s1. The van der Waals surface area contributed by atoms with Crippen LogP contribution in [0.4, 0.5) is 14.5 Å². The molecule has 0 aliphatic heterocycles. The van der Waals surface area contributed by atoms with Crippen LogP contribution in [0.15, 0.2) is 42.7 Å². The monoisotopic (exact) mass is 535 g/mol. The van der Waals surface area contributed by atoms with E-state index in [0.717, 1.165) is 46.6 Å². The summed E-state index contributed by atoms with van der Waals surface area (Å²) in [5.74, 6) is -4.66. The Balaban J connectivity index is 1.62. The third-order valence-electron chi connectivity index (χ3n) is 6.86. The van der Waals surface area contributed by atoms with Gasteiger partial charge in [0.25, 0.3) is 5.91 Å². The van der Waals surface area contributed by atoms with Crippen LogP contribution in [0, 0.1) is 32.4 Å². The first-order valence-corrected chi connectivity index (χ1v) is 12.7. The van der Waals surface area contributed by atoms with Gasteiger partial charge in [-0.15, -0.1) is 0 Å². The Morgan fingerprint density at radius 2 is 1.77 bits per heavy atom. The summed E-state index contributed by atoms with van der Waals surface area (Å²) >= 11 is 0. The number of anilines is 1. The molecule has 3 aromatic heterocycles. The van der Waals surface area contributed by atoms with Gasteiger partial charge in [0.15, 0.2) is 0 Å². The average molecular weight is 536 g/mol. The number of imidazole rings is 1. The number of aliphatic carboxylic acids is 1. The number of amides is 1. The Labute approximate surface area is 225 Å². The zero-order chi connectivity index (χ0) is 28.4. The normalized spacial score (nSPS) is 12.8. The largest absolute Gasteiger partial charge is 0.480 e. The summed E-state index contributed by atoms with van der Waals surface area (Å²) in [5, 5.41) is 15.1. The summed E-state index contributed by atoms with van der Waals surface area (Å²) in [6.07, 6.45) is 3.86. The van der Waals surface area contributed by atoms with E-state index in [4.69, 9.17) is 4.98 Å². The van der Waals surface area contributed by atoms with Gasteiger partial charge in [-0.25, -0.2) is 18.6 Å². The van der Waals surface area contributed by atoms with E-state index in [2.05, 4.69) is 15.6 Å². The van der Waals surface area contributed by atoms with Gasteiger partial charge in [-0.1, -0.05) is 13.0 Å². The van der Waals surface area contributed by atoms with Crippen LogP contribution in [0.1, 0.15) is 53.1 Å². The molecule has 2 atom stereocenters. The van der Waals surface area contributed by atoms with Crippen LogP contribution in [-0.2, 0) is 11.2 Å². The third-order valence-corrected chi connectivity index (χ3v) is 6.86. The first-order chi connectivity index (χ1) is 18.5. The Kier molecular flexibility index (Phi) is 7.94. The van der Waals surface area contributed by atoms with E-state index in [1.54, 1.807) is 22.9 Å². The summed E-state index contributed by atoms with van der Waals surface area (Å²) in [6.45, 7) is 9.66. The molecule has 0 saturated heterocycles. The minimum absolute atomic E-state index is 0.0269. The number of rotatable bonds is 9. The Hall–Kier alpha value is -4.34. The number of halogens is 2. The smallest absolute Gasteiger partial charge is 0.326 e. The van der Waals surface area contributed by atoms with Crippen LogP contribution < -0.4 is 10.6 Å². The van der Waals surface area contributed by atoms with Gasteiger partial charge < -0.3 is 20.1 Å². The van der Waals surface area contributed by atoms with Crippen molar-refractivity contribution in [3.8, 4) is 11.3 Å². The number of carboxylic acid groups (broad SMARTS) is 1. The van der Waals surface area contributed by atoms with E-state index in [9.17, 15) is 23.5 Å². The number of carboxylic acids is 1. The fourth-order valence-corrected chi connectivity index (χ4v) is 4.43. The summed E-state index contributed by atoms with van der Waals surface area (Å²) in [7, 11) is 0. The number of aryl methyl sites for hydroxylation is 3. The number of carbonyl (C=O) groups excluding carboxylic acids is 1. The topological polar surface area (TPSA) is 109 Å². The Morgan fingerprint density at radius 1 is 1.08 bits per heavy atom. The highest BCUT2D eigenvalue weighted by Gasteiger charge is 2.27. The van der Waals surface area contributed by atoms with E-state index >= 15 is 0 Å². The number of aromatic nitrogens is 3. The first-order valence-electron chi connectivity index (χ1n) is 12.7. The van der Waals surface area contributed by atoms with Crippen molar-refractivity contribution in [2.75, 3.05) is 5.32 Å². The number of carbonyl (C=O) groups is 2. The lowest BCUT2D eigenvalue weighted by molar-refractivity contribution is -0.139. The van der Waals surface area contributed by atoms with Gasteiger partial charge in [0.1, 0.15) is 28.9 Å². The molecule has 0 radical (unpaired) electrons. The molecule has 3 N–H and O–H groups in total. The highest BCUT2D eigenvalue weighted by Crippen LogP contribution is 2.28. The van der Waals surface area contributed by atoms with E-state index in [1.807, 2.05) is 46.8 Å². The van der Waals surface area contributed by atoms with Crippen LogP contribution >= 0.6 is 0 Å². The molecule has 204 valence electrons. The highest BCUT2D eigenvalue weighted by molar-refractivity contribution is 5.97. The van der Waals surface area contributed by atoms with Crippen molar-refractivity contribution in [1.29, 1.82) is 0 Å². The van der Waals surface area contributed by atoms with Gasteiger partial charge in [0, 0.05) is 47.5 Å². The number of fused-ring (bicyclic) bond motifs is 1. The van der Waals surface area contributed by atoms with Crippen molar-refractivity contribution in [2.24, 2.45) is 0 Å². The van der Waals surface area contributed by atoms with E-state index in [1.165, 1.54) is 0 Å². The third kappa shape index (κ3) is 5.74. The molecule has 0 bridgehead atoms. The highest BCUT2D eigenvalue weighted by atomic mass is 19.1. The first kappa shape index (κ1) is 27.7. The van der Waals surface area contributed by atoms with Crippen molar-refractivity contribution < 1.29 is 23.5 Å². The lowest BCUT2D eigenvalue weighted by Gasteiger charge is -2.18. The molecule has 1 aromatic carbocycles. The molecule has 1 amide bonds. The maximum absolute atomic E-state index is 14.7. The van der Waals surface area contributed by atoms with E-state index < -0.39 is 35.1 Å². The van der Waals surface area contributed by atoms with Crippen molar-refractivity contribution in [3.05, 3.63) is 82.4 Å². The second kappa shape index (κ2) is 11.2. The van der Waals surface area contributed by atoms with Crippen LogP contribution in [0.5, 0.6) is 0 Å². The molecular formula is C29H31F2N5O3. The molecule has 8 nitrogen and oxygen atoms in total. The number of nitrogens with zero attached hydrogens (tertiary/aromatic N) is 3.